The molecular weight excluding hydrogens is 166 g/mol. The summed E-state index contributed by atoms with van der Waals surface area (Å²) in [5.41, 5.74) is 0.0488. The zero-order chi connectivity index (χ0) is 9.47. The Morgan fingerprint density at radius 1 is 1.54 bits per heavy atom. The second-order valence-electron chi connectivity index (χ2n) is 4.98. The molecule has 2 rings (SSSR count). The van der Waals surface area contributed by atoms with E-state index in [4.69, 9.17) is 4.74 Å². The number of hydrogen-bond acceptors (Lipinski definition) is 3. The van der Waals surface area contributed by atoms with Crippen molar-refractivity contribution in [3.63, 3.8) is 0 Å². The van der Waals surface area contributed by atoms with Crippen LogP contribution in [-0.2, 0) is 4.74 Å². The van der Waals surface area contributed by atoms with Gasteiger partial charge in [-0.2, -0.15) is 0 Å². The Hall–Kier alpha value is -0.120. The summed E-state index contributed by atoms with van der Waals surface area (Å²) in [6.45, 7) is 8.27. The first-order valence-electron chi connectivity index (χ1n) is 5.10. The molecule has 2 aliphatic rings. The van der Waals surface area contributed by atoms with E-state index in [1.807, 2.05) is 0 Å². The lowest BCUT2D eigenvalue weighted by Crippen LogP contribution is -2.49. The van der Waals surface area contributed by atoms with Gasteiger partial charge in [0.2, 0.25) is 0 Å². The van der Waals surface area contributed by atoms with Crippen molar-refractivity contribution in [3.05, 3.63) is 0 Å². The molecule has 13 heavy (non-hydrogen) atoms. The summed E-state index contributed by atoms with van der Waals surface area (Å²) in [6, 6.07) is 0. The van der Waals surface area contributed by atoms with Crippen molar-refractivity contribution in [1.82, 2.24) is 4.90 Å². The summed E-state index contributed by atoms with van der Waals surface area (Å²) in [5, 5.41) is 9.75. The molecule has 2 aliphatic heterocycles. The molecule has 0 bridgehead atoms. The van der Waals surface area contributed by atoms with E-state index in [-0.39, 0.29) is 11.5 Å². The fourth-order valence-corrected chi connectivity index (χ4v) is 2.07. The van der Waals surface area contributed by atoms with Gasteiger partial charge in [0.05, 0.1) is 18.8 Å². The predicted octanol–water partition coefficient (Wildman–Crippen LogP) is 0.478. The van der Waals surface area contributed by atoms with Crippen LogP contribution in [0.2, 0.25) is 0 Å². The molecule has 0 aliphatic carbocycles. The number of rotatable bonds is 2. The van der Waals surface area contributed by atoms with Crippen LogP contribution in [0.1, 0.15) is 20.3 Å². The highest BCUT2D eigenvalue weighted by atomic mass is 16.6. The van der Waals surface area contributed by atoms with E-state index in [0.29, 0.717) is 6.10 Å². The lowest BCUT2D eigenvalue weighted by atomic mass is 9.81. The number of likely N-dealkylation sites (tertiary alicyclic amines) is 1. The van der Waals surface area contributed by atoms with Gasteiger partial charge in [0.25, 0.3) is 0 Å². The first-order chi connectivity index (χ1) is 6.08. The van der Waals surface area contributed by atoms with Gasteiger partial charge in [-0.1, -0.05) is 13.8 Å². The van der Waals surface area contributed by atoms with Gasteiger partial charge in [0.1, 0.15) is 0 Å². The second kappa shape index (κ2) is 3.23. The van der Waals surface area contributed by atoms with E-state index in [0.717, 1.165) is 32.7 Å². The third-order valence-electron chi connectivity index (χ3n) is 3.12. The zero-order valence-electron chi connectivity index (χ0n) is 8.49. The maximum atomic E-state index is 9.75. The third kappa shape index (κ3) is 2.22. The third-order valence-corrected chi connectivity index (χ3v) is 3.12. The Morgan fingerprint density at radius 3 is 2.77 bits per heavy atom. The highest BCUT2D eigenvalue weighted by Crippen LogP contribution is 2.29. The van der Waals surface area contributed by atoms with Gasteiger partial charge in [-0.15, -0.1) is 0 Å². The maximum Gasteiger partial charge on any atom is 0.0936 e. The van der Waals surface area contributed by atoms with Gasteiger partial charge in [-0.25, -0.2) is 0 Å². The van der Waals surface area contributed by atoms with Gasteiger partial charge in [0, 0.05) is 25.0 Å². The number of aliphatic hydroxyl groups excluding tert-OH is 1. The van der Waals surface area contributed by atoms with Gasteiger partial charge in [-0.05, 0) is 6.42 Å². The summed E-state index contributed by atoms with van der Waals surface area (Å²) in [4.78, 5) is 2.41. The quantitative estimate of drug-likeness (QED) is 0.636. The molecule has 0 amide bonds. The van der Waals surface area contributed by atoms with Crippen LogP contribution in [0.15, 0.2) is 0 Å². The highest BCUT2D eigenvalue weighted by Gasteiger charge is 2.36. The molecule has 2 fully saturated rings. The summed E-state index contributed by atoms with van der Waals surface area (Å²) in [5.74, 6) is 0. The summed E-state index contributed by atoms with van der Waals surface area (Å²) < 4.78 is 5.20. The van der Waals surface area contributed by atoms with E-state index in [1.165, 1.54) is 0 Å². The molecule has 3 heteroatoms. The molecule has 2 heterocycles. The Kier molecular flexibility index (Phi) is 2.34. The Balaban J connectivity index is 1.86. The molecule has 2 saturated heterocycles. The molecule has 1 N–H and O–H groups in total. The van der Waals surface area contributed by atoms with Gasteiger partial charge >= 0.3 is 0 Å². The molecule has 0 aromatic carbocycles. The molecule has 1 unspecified atom stereocenters. The van der Waals surface area contributed by atoms with E-state index < -0.39 is 0 Å². The normalized spacial score (nSPS) is 39.0. The van der Waals surface area contributed by atoms with Crippen molar-refractivity contribution in [1.29, 1.82) is 0 Å². The molecule has 2 atom stereocenters. The molecular formula is C10H19NO2. The van der Waals surface area contributed by atoms with Crippen LogP contribution < -0.4 is 0 Å². The molecule has 0 radical (unpaired) electrons. The Labute approximate surface area is 79.7 Å². The summed E-state index contributed by atoms with van der Waals surface area (Å²) in [7, 11) is 0. The lowest BCUT2D eigenvalue weighted by molar-refractivity contribution is -0.0258. The first kappa shape index (κ1) is 9.44. The van der Waals surface area contributed by atoms with E-state index >= 15 is 0 Å². The van der Waals surface area contributed by atoms with Crippen molar-refractivity contribution < 1.29 is 9.84 Å². The van der Waals surface area contributed by atoms with Crippen molar-refractivity contribution in [2.24, 2.45) is 5.41 Å². The standard InChI is InChI=1S/C10H19NO2/c1-10(2)7-11(4-3-9(10)12)5-8-6-13-8/h8-9,12H,3-7H2,1-2H3/t8-,9?/m1/s1. The van der Waals surface area contributed by atoms with E-state index in [1.54, 1.807) is 0 Å². The van der Waals surface area contributed by atoms with Crippen molar-refractivity contribution in [3.8, 4) is 0 Å². The monoisotopic (exact) mass is 185 g/mol. The van der Waals surface area contributed by atoms with Crippen LogP contribution in [0.3, 0.4) is 0 Å². The van der Waals surface area contributed by atoms with Gasteiger partial charge < -0.3 is 9.84 Å². The van der Waals surface area contributed by atoms with Crippen LogP contribution in [-0.4, -0.2) is 48.5 Å². The zero-order valence-corrected chi connectivity index (χ0v) is 8.49. The Bertz CT molecular complexity index is 189. The minimum absolute atomic E-state index is 0.0488. The van der Waals surface area contributed by atoms with Gasteiger partial charge in [0.15, 0.2) is 0 Å². The smallest absolute Gasteiger partial charge is 0.0936 e. The predicted molar refractivity (Wildman–Crippen MR) is 50.6 cm³/mol. The van der Waals surface area contributed by atoms with E-state index in [2.05, 4.69) is 18.7 Å². The number of epoxide rings is 1. The topological polar surface area (TPSA) is 36.0 Å². The van der Waals surface area contributed by atoms with Crippen LogP contribution in [0.25, 0.3) is 0 Å². The van der Waals surface area contributed by atoms with Crippen LogP contribution in [0.5, 0.6) is 0 Å². The van der Waals surface area contributed by atoms with E-state index in [9.17, 15) is 5.11 Å². The molecule has 76 valence electrons. The molecule has 0 aromatic heterocycles. The van der Waals surface area contributed by atoms with Crippen LogP contribution >= 0.6 is 0 Å². The summed E-state index contributed by atoms with van der Waals surface area (Å²) >= 11 is 0. The minimum Gasteiger partial charge on any atom is -0.392 e. The number of ether oxygens (including phenoxy) is 1. The number of aliphatic hydroxyl groups is 1. The fraction of sp³-hybridized carbons (Fsp3) is 1.00. The SMILES string of the molecule is CC1(C)CN(C[C@@H]2CO2)CCC1O. The van der Waals surface area contributed by atoms with Gasteiger partial charge in [-0.3, -0.25) is 4.90 Å². The fourth-order valence-electron chi connectivity index (χ4n) is 2.07. The van der Waals surface area contributed by atoms with Crippen molar-refractivity contribution >= 4 is 0 Å². The molecule has 0 saturated carbocycles. The number of piperidine rings is 1. The van der Waals surface area contributed by atoms with Crippen LogP contribution in [0, 0.1) is 5.41 Å². The number of nitrogens with zero attached hydrogens (tertiary/aromatic N) is 1. The molecule has 0 spiro atoms. The maximum absolute atomic E-state index is 9.75. The average molecular weight is 185 g/mol. The molecule has 0 aromatic rings. The largest absolute Gasteiger partial charge is 0.392 e. The van der Waals surface area contributed by atoms with Crippen molar-refractivity contribution in [2.45, 2.75) is 32.5 Å². The molecule has 3 nitrogen and oxygen atoms in total. The van der Waals surface area contributed by atoms with Crippen LogP contribution in [0.4, 0.5) is 0 Å². The second-order valence-corrected chi connectivity index (χ2v) is 4.98. The average Bonchev–Trinajstić information content (AvgIpc) is 2.80. The Morgan fingerprint density at radius 2 is 2.23 bits per heavy atom. The summed E-state index contributed by atoms with van der Waals surface area (Å²) in [6.07, 6.45) is 1.25. The minimum atomic E-state index is -0.135. The highest BCUT2D eigenvalue weighted by molar-refractivity contribution is 4.88. The van der Waals surface area contributed by atoms with Crippen molar-refractivity contribution in [2.75, 3.05) is 26.2 Å². The first-order valence-corrected chi connectivity index (χ1v) is 5.10. The lowest BCUT2D eigenvalue weighted by Gasteiger charge is -2.41. The number of hydrogen-bond donors (Lipinski definition) is 1.